The van der Waals surface area contributed by atoms with E-state index in [1.54, 1.807) is 0 Å². The van der Waals surface area contributed by atoms with Crippen molar-refractivity contribution < 1.29 is 28.6 Å². The van der Waals surface area contributed by atoms with Crippen LogP contribution in [0.1, 0.15) is 355 Å². The quantitative estimate of drug-likeness (QED) is 0.0261. The molecule has 0 amide bonds. The molecule has 0 N–H and O–H groups in total. The van der Waals surface area contributed by atoms with Crippen molar-refractivity contribution in [2.75, 3.05) is 13.2 Å². The summed E-state index contributed by atoms with van der Waals surface area (Å²) in [6.45, 7) is 6.66. The van der Waals surface area contributed by atoms with Crippen molar-refractivity contribution in [3.63, 3.8) is 0 Å². The van der Waals surface area contributed by atoms with Gasteiger partial charge in [0.1, 0.15) is 13.2 Å². The molecule has 1 unspecified atom stereocenters. The van der Waals surface area contributed by atoms with E-state index < -0.39 is 6.10 Å². The molecule has 0 aromatic rings. The molecular formula is C67H124O6. The average molecular weight is 1030 g/mol. The molecule has 0 aliphatic rings. The maximum absolute atomic E-state index is 12.9. The first-order chi connectivity index (χ1) is 36.0. The Labute approximate surface area is 455 Å². The smallest absolute Gasteiger partial charge is 0.306 e. The molecule has 0 spiro atoms. The summed E-state index contributed by atoms with van der Waals surface area (Å²) in [4.78, 5) is 38.3. The first-order valence-electron chi connectivity index (χ1n) is 32.5. The molecule has 6 heteroatoms. The molecule has 73 heavy (non-hydrogen) atoms. The van der Waals surface area contributed by atoms with Crippen LogP contribution in [0.4, 0.5) is 0 Å². The monoisotopic (exact) mass is 1020 g/mol. The van der Waals surface area contributed by atoms with E-state index in [2.05, 4.69) is 57.2 Å². The summed E-state index contributed by atoms with van der Waals surface area (Å²) >= 11 is 0. The fourth-order valence-corrected chi connectivity index (χ4v) is 9.67. The second kappa shape index (κ2) is 62.2. The van der Waals surface area contributed by atoms with E-state index in [1.807, 2.05) is 0 Å². The second-order valence-electron chi connectivity index (χ2n) is 22.0. The van der Waals surface area contributed by atoms with Gasteiger partial charge in [-0.25, -0.2) is 0 Å². The van der Waals surface area contributed by atoms with Gasteiger partial charge >= 0.3 is 17.9 Å². The zero-order valence-electron chi connectivity index (χ0n) is 49.2. The van der Waals surface area contributed by atoms with Crippen molar-refractivity contribution >= 4 is 17.9 Å². The van der Waals surface area contributed by atoms with Crippen LogP contribution in [0.25, 0.3) is 0 Å². The van der Waals surface area contributed by atoms with Gasteiger partial charge in [-0.3, -0.25) is 14.4 Å². The number of carbonyl (C=O) groups is 3. The number of rotatable bonds is 60. The van der Waals surface area contributed by atoms with Crippen LogP contribution in [0.5, 0.6) is 0 Å². The predicted molar refractivity (Wildman–Crippen MR) is 316 cm³/mol. The SMILES string of the molecule is CCCCC/C=C\CCCCCCCC(=O)OCC(COC(=O)CCCCCCCCCCCCCCC/C=C\CCCCCCCCCC)OC(=O)CCCCCCCCC/C=C\CCCCCCCCC. The Kier molecular flexibility index (Phi) is 60.2. The molecule has 1 atom stereocenters. The third-order valence-corrected chi connectivity index (χ3v) is 14.6. The molecule has 0 aliphatic carbocycles. The Morgan fingerprint density at radius 3 is 0.712 bits per heavy atom. The molecule has 0 rings (SSSR count). The summed E-state index contributed by atoms with van der Waals surface area (Å²) < 4.78 is 16.9. The average Bonchev–Trinajstić information content (AvgIpc) is 3.39. The molecule has 0 heterocycles. The summed E-state index contributed by atoms with van der Waals surface area (Å²) in [7, 11) is 0. The molecule has 428 valence electrons. The van der Waals surface area contributed by atoms with Crippen LogP contribution in [0.2, 0.25) is 0 Å². The Bertz CT molecular complexity index is 1220. The minimum Gasteiger partial charge on any atom is -0.462 e. The van der Waals surface area contributed by atoms with E-state index in [9.17, 15) is 14.4 Å². The van der Waals surface area contributed by atoms with Crippen molar-refractivity contribution in [1.29, 1.82) is 0 Å². The lowest BCUT2D eigenvalue weighted by Crippen LogP contribution is -2.30. The van der Waals surface area contributed by atoms with Crippen molar-refractivity contribution in [3.8, 4) is 0 Å². The highest BCUT2D eigenvalue weighted by atomic mass is 16.6. The fourth-order valence-electron chi connectivity index (χ4n) is 9.67. The van der Waals surface area contributed by atoms with Crippen LogP contribution < -0.4 is 0 Å². The maximum Gasteiger partial charge on any atom is 0.306 e. The first-order valence-corrected chi connectivity index (χ1v) is 32.5. The van der Waals surface area contributed by atoms with Crippen LogP contribution >= 0.6 is 0 Å². The van der Waals surface area contributed by atoms with Crippen LogP contribution in [0, 0.1) is 0 Å². The van der Waals surface area contributed by atoms with Crippen molar-refractivity contribution in [2.45, 2.75) is 361 Å². The van der Waals surface area contributed by atoms with Gasteiger partial charge in [-0.2, -0.15) is 0 Å². The summed E-state index contributed by atoms with van der Waals surface area (Å²) in [6.07, 6.45) is 75.9. The third-order valence-electron chi connectivity index (χ3n) is 14.6. The maximum atomic E-state index is 12.9. The number of hydrogen-bond donors (Lipinski definition) is 0. The first kappa shape index (κ1) is 70.6. The third kappa shape index (κ3) is 60.4. The molecule has 0 saturated heterocycles. The number of ether oxygens (including phenoxy) is 3. The number of allylic oxidation sites excluding steroid dienone is 6. The lowest BCUT2D eigenvalue weighted by atomic mass is 10.0. The van der Waals surface area contributed by atoms with E-state index in [-0.39, 0.29) is 31.1 Å². The van der Waals surface area contributed by atoms with Gasteiger partial charge in [0.05, 0.1) is 0 Å². The molecule has 0 aliphatic heterocycles. The van der Waals surface area contributed by atoms with Gasteiger partial charge in [0.25, 0.3) is 0 Å². The molecule has 0 aromatic carbocycles. The number of hydrogen-bond acceptors (Lipinski definition) is 6. The second-order valence-corrected chi connectivity index (χ2v) is 22.0. The highest BCUT2D eigenvalue weighted by Crippen LogP contribution is 2.17. The molecule has 0 radical (unpaired) electrons. The van der Waals surface area contributed by atoms with Gasteiger partial charge in [0.15, 0.2) is 6.10 Å². The summed E-state index contributed by atoms with van der Waals surface area (Å²) in [5.74, 6) is -0.867. The molecule has 6 nitrogen and oxygen atoms in total. The standard InChI is InChI=1S/C67H124O6/c1-4-7-10-13-16-19-22-25-27-29-31-32-33-34-35-36-37-39-40-42-45-48-51-54-57-60-66(69)72-63-64(62-71-65(68)59-56-53-50-47-44-24-21-18-15-12-9-6-3)73-67(70)61-58-55-52-49-46-43-41-38-30-28-26-23-20-17-14-11-8-5-2/h18,21,28-31,64H,4-17,19-20,22-27,32-63H2,1-3H3/b21-18-,30-28-,31-29-. The van der Waals surface area contributed by atoms with Crippen molar-refractivity contribution in [3.05, 3.63) is 36.5 Å². The molecule has 0 aromatic heterocycles. The number of unbranched alkanes of at least 4 members (excludes halogenated alkanes) is 43. The summed E-state index contributed by atoms with van der Waals surface area (Å²) in [6, 6.07) is 0. The van der Waals surface area contributed by atoms with Gasteiger partial charge in [-0.05, 0) is 96.3 Å². The van der Waals surface area contributed by atoms with Crippen LogP contribution in [-0.4, -0.2) is 37.2 Å². The van der Waals surface area contributed by atoms with Gasteiger partial charge < -0.3 is 14.2 Å². The zero-order chi connectivity index (χ0) is 52.9. The number of carbonyl (C=O) groups excluding carboxylic acids is 3. The van der Waals surface area contributed by atoms with Crippen molar-refractivity contribution in [2.24, 2.45) is 0 Å². The van der Waals surface area contributed by atoms with E-state index in [4.69, 9.17) is 14.2 Å². The van der Waals surface area contributed by atoms with E-state index in [0.29, 0.717) is 19.3 Å². The van der Waals surface area contributed by atoms with E-state index in [0.717, 1.165) is 64.2 Å². The number of esters is 3. The fraction of sp³-hybridized carbons (Fsp3) is 0.866. The van der Waals surface area contributed by atoms with Crippen LogP contribution in [0.3, 0.4) is 0 Å². The summed E-state index contributed by atoms with van der Waals surface area (Å²) in [5, 5.41) is 0. The molecule has 0 bridgehead atoms. The Hall–Kier alpha value is -2.37. The molecular weight excluding hydrogens is 901 g/mol. The van der Waals surface area contributed by atoms with Crippen molar-refractivity contribution in [1.82, 2.24) is 0 Å². The normalized spacial score (nSPS) is 12.2. The van der Waals surface area contributed by atoms with Gasteiger partial charge in [-0.15, -0.1) is 0 Å². The van der Waals surface area contributed by atoms with Gasteiger partial charge in [0.2, 0.25) is 0 Å². The Morgan fingerprint density at radius 1 is 0.260 bits per heavy atom. The predicted octanol–water partition coefficient (Wildman–Crippen LogP) is 22.0. The van der Waals surface area contributed by atoms with Crippen LogP contribution in [0.15, 0.2) is 36.5 Å². The minimum absolute atomic E-state index is 0.0734. The molecule has 0 fully saturated rings. The Morgan fingerprint density at radius 2 is 0.452 bits per heavy atom. The largest absolute Gasteiger partial charge is 0.462 e. The Balaban J connectivity index is 4.24. The summed E-state index contributed by atoms with van der Waals surface area (Å²) in [5.41, 5.74) is 0. The van der Waals surface area contributed by atoms with Crippen LogP contribution in [-0.2, 0) is 28.6 Å². The topological polar surface area (TPSA) is 78.9 Å². The van der Waals surface area contributed by atoms with E-state index in [1.165, 1.54) is 250 Å². The van der Waals surface area contributed by atoms with E-state index >= 15 is 0 Å². The lowest BCUT2D eigenvalue weighted by molar-refractivity contribution is -0.167. The molecule has 0 saturated carbocycles. The highest BCUT2D eigenvalue weighted by molar-refractivity contribution is 5.71. The highest BCUT2D eigenvalue weighted by Gasteiger charge is 2.19. The van der Waals surface area contributed by atoms with Gasteiger partial charge in [0, 0.05) is 19.3 Å². The van der Waals surface area contributed by atoms with Gasteiger partial charge in [-0.1, -0.05) is 276 Å². The minimum atomic E-state index is -0.776. The zero-order valence-corrected chi connectivity index (χ0v) is 49.2. The lowest BCUT2D eigenvalue weighted by Gasteiger charge is -2.18.